The average Bonchev–Trinajstić information content (AvgIpc) is 3.68. The van der Waals surface area contributed by atoms with E-state index in [0.717, 1.165) is 26.9 Å². The average molecular weight is 552 g/mol. The molecule has 0 fully saturated rings. The first kappa shape index (κ1) is 22.8. The van der Waals surface area contributed by atoms with Crippen molar-refractivity contribution in [1.82, 2.24) is 0 Å². The molecule has 0 aliphatic heterocycles. The molecule has 0 aliphatic carbocycles. The molecule has 2 N–H and O–H groups in total. The van der Waals surface area contributed by atoms with Crippen LogP contribution in [0.3, 0.4) is 0 Å². The van der Waals surface area contributed by atoms with Crippen molar-refractivity contribution < 1.29 is 22.1 Å². The van der Waals surface area contributed by atoms with E-state index >= 15 is 0 Å². The summed E-state index contributed by atoms with van der Waals surface area (Å²) in [5.41, 5.74) is 7.99. The second-order valence-electron chi connectivity index (χ2n) is 10.2. The van der Waals surface area contributed by atoms with Gasteiger partial charge in [-0.15, -0.1) is 0 Å². The Morgan fingerprint density at radius 2 is 1.02 bits per heavy atom. The van der Waals surface area contributed by atoms with E-state index < -0.39 is 11.3 Å². The zero-order valence-electron chi connectivity index (χ0n) is 21.6. The SMILES string of the molecule is Nc1ccc2cc(-c3cc4oc5cc(-c6cc7c8ccccc8c8ccccc8c7oc6=O)oc5c4o3)c(=O)oc2c1. The van der Waals surface area contributed by atoms with Crippen molar-refractivity contribution in [3.8, 4) is 22.6 Å². The molecule has 9 rings (SSSR count). The van der Waals surface area contributed by atoms with Gasteiger partial charge < -0.3 is 27.8 Å². The van der Waals surface area contributed by atoms with Gasteiger partial charge in [0.2, 0.25) is 11.2 Å². The number of fused-ring (bicyclic) bond motifs is 10. The molecule has 5 aromatic heterocycles. The van der Waals surface area contributed by atoms with Crippen LogP contribution in [-0.2, 0) is 0 Å². The Morgan fingerprint density at radius 3 is 1.71 bits per heavy atom. The maximum Gasteiger partial charge on any atom is 0.347 e. The first-order chi connectivity index (χ1) is 20.5. The lowest BCUT2D eigenvalue weighted by atomic mass is 9.97. The van der Waals surface area contributed by atoms with Gasteiger partial charge in [0, 0.05) is 40.0 Å². The third-order valence-corrected chi connectivity index (χ3v) is 7.74. The monoisotopic (exact) mass is 551 g/mol. The molecule has 5 heterocycles. The van der Waals surface area contributed by atoms with Gasteiger partial charge in [-0.2, -0.15) is 0 Å². The summed E-state index contributed by atoms with van der Waals surface area (Å²) >= 11 is 0. The topological polar surface area (TPSA) is 126 Å². The molecule has 0 spiro atoms. The highest BCUT2D eigenvalue weighted by Gasteiger charge is 2.23. The summed E-state index contributed by atoms with van der Waals surface area (Å²) in [6, 6.07) is 27.7. The fourth-order valence-corrected chi connectivity index (χ4v) is 5.81. The summed E-state index contributed by atoms with van der Waals surface area (Å²) in [4.78, 5) is 26.0. The van der Waals surface area contributed by atoms with Gasteiger partial charge in [-0.25, -0.2) is 9.59 Å². The third-order valence-electron chi connectivity index (χ3n) is 7.74. The second kappa shape index (κ2) is 8.02. The summed E-state index contributed by atoms with van der Waals surface area (Å²) in [7, 11) is 0. The summed E-state index contributed by atoms with van der Waals surface area (Å²) in [6.45, 7) is 0. The molecule has 200 valence electrons. The van der Waals surface area contributed by atoms with Crippen LogP contribution >= 0.6 is 0 Å². The molecule has 4 aromatic carbocycles. The molecule has 0 amide bonds. The first-order valence-electron chi connectivity index (χ1n) is 13.2. The summed E-state index contributed by atoms with van der Waals surface area (Å²) in [6.07, 6.45) is 0. The van der Waals surface area contributed by atoms with Gasteiger partial charge in [-0.05, 0) is 40.4 Å². The maximum absolute atomic E-state index is 13.3. The molecule has 0 atom stereocenters. The normalized spacial score (nSPS) is 12.1. The summed E-state index contributed by atoms with van der Waals surface area (Å²) < 4.78 is 29.5. The van der Waals surface area contributed by atoms with Gasteiger partial charge in [0.1, 0.15) is 33.8 Å². The highest BCUT2D eigenvalue weighted by Crippen LogP contribution is 2.40. The van der Waals surface area contributed by atoms with Crippen molar-refractivity contribution >= 4 is 71.5 Å². The van der Waals surface area contributed by atoms with Crippen LogP contribution in [0.1, 0.15) is 0 Å². The number of benzene rings is 4. The Kier molecular flexibility index (Phi) is 4.34. The van der Waals surface area contributed by atoms with Gasteiger partial charge >= 0.3 is 11.3 Å². The van der Waals surface area contributed by atoms with E-state index in [1.54, 1.807) is 42.5 Å². The predicted octanol–water partition coefficient (Wildman–Crippen LogP) is 8.21. The van der Waals surface area contributed by atoms with E-state index in [9.17, 15) is 9.59 Å². The van der Waals surface area contributed by atoms with Gasteiger partial charge in [-0.1, -0.05) is 48.5 Å². The number of nitrogen functional groups attached to an aromatic ring is 1. The lowest BCUT2D eigenvalue weighted by molar-refractivity contribution is 0.552. The van der Waals surface area contributed by atoms with E-state index in [1.807, 2.05) is 42.5 Å². The van der Waals surface area contributed by atoms with Gasteiger partial charge in [0.15, 0.2) is 11.2 Å². The predicted molar refractivity (Wildman–Crippen MR) is 161 cm³/mol. The van der Waals surface area contributed by atoms with Crippen LogP contribution in [-0.4, -0.2) is 0 Å². The lowest BCUT2D eigenvalue weighted by Gasteiger charge is -2.09. The van der Waals surface area contributed by atoms with Crippen LogP contribution in [0.15, 0.2) is 123 Å². The Bertz CT molecular complexity index is 2700. The second-order valence-corrected chi connectivity index (χ2v) is 10.2. The maximum atomic E-state index is 13.3. The van der Waals surface area contributed by atoms with Crippen molar-refractivity contribution in [3.05, 3.63) is 112 Å². The van der Waals surface area contributed by atoms with E-state index in [-0.39, 0.29) is 22.6 Å². The minimum Gasteiger partial charge on any atom is -0.449 e. The number of anilines is 1. The van der Waals surface area contributed by atoms with Gasteiger partial charge in [0.05, 0.1) is 0 Å². The first-order valence-corrected chi connectivity index (χ1v) is 13.2. The van der Waals surface area contributed by atoms with Gasteiger partial charge in [-0.3, -0.25) is 0 Å². The van der Waals surface area contributed by atoms with Crippen LogP contribution in [0, 0.1) is 0 Å². The molecule has 0 radical (unpaired) electrons. The number of hydrogen-bond acceptors (Lipinski definition) is 8. The van der Waals surface area contributed by atoms with Crippen molar-refractivity contribution in [2.75, 3.05) is 5.73 Å². The molecular weight excluding hydrogens is 534 g/mol. The number of nitrogens with two attached hydrogens (primary N) is 1. The molecule has 0 bridgehead atoms. The van der Waals surface area contributed by atoms with Crippen molar-refractivity contribution in [2.45, 2.75) is 0 Å². The molecule has 0 unspecified atom stereocenters. The van der Waals surface area contributed by atoms with E-state index in [2.05, 4.69) is 6.07 Å². The lowest BCUT2D eigenvalue weighted by Crippen LogP contribution is -2.02. The van der Waals surface area contributed by atoms with Crippen LogP contribution in [0.5, 0.6) is 0 Å². The van der Waals surface area contributed by atoms with E-state index in [0.29, 0.717) is 44.6 Å². The quantitative estimate of drug-likeness (QED) is 0.129. The molecular formula is C34H17NO7. The van der Waals surface area contributed by atoms with Crippen LogP contribution < -0.4 is 17.0 Å². The van der Waals surface area contributed by atoms with Crippen LogP contribution in [0.4, 0.5) is 5.69 Å². The smallest absolute Gasteiger partial charge is 0.347 e. The minimum absolute atomic E-state index is 0.230. The van der Waals surface area contributed by atoms with Crippen molar-refractivity contribution in [3.63, 3.8) is 0 Å². The third kappa shape index (κ3) is 3.11. The number of furan rings is 3. The highest BCUT2D eigenvalue weighted by molar-refractivity contribution is 6.23. The van der Waals surface area contributed by atoms with Crippen molar-refractivity contribution in [1.29, 1.82) is 0 Å². The molecule has 8 heteroatoms. The largest absolute Gasteiger partial charge is 0.449 e. The fourth-order valence-electron chi connectivity index (χ4n) is 5.81. The number of hydrogen-bond donors (Lipinski definition) is 1. The Hall–Kier alpha value is -6.02. The standard InChI is InChI=1S/C34H17NO7/c35-17-10-9-16-11-23(33(36)41-25(16)12-17)26-14-28-31(39-26)32-29(38-28)15-27(40-32)24-13-22-20-7-2-1-5-18(20)19-6-3-4-8-21(19)30(22)42-34(24)37/h1-15H,35H2. The summed E-state index contributed by atoms with van der Waals surface area (Å²) in [5.74, 6) is 0.541. The molecule has 0 saturated heterocycles. The Balaban J connectivity index is 1.22. The molecule has 0 saturated carbocycles. The fraction of sp³-hybridized carbons (Fsp3) is 0. The highest BCUT2D eigenvalue weighted by atomic mass is 16.4. The molecule has 8 nitrogen and oxygen atoms in total. The molecule has 42 heavy (non-hydrogen) atoms. The van der Waals surface area contributed by atoms with Gasteiger partial charge in [0.25, 0.3) is 0 Å². The van der Waals surface area contributed by atoms with E-state index in [1.165, 1.54) is 0 Å². The minimum atomic E-state index is -0.575. The zero-order chi connectivity index (χ0) is 28.1. The van der Waals surface area contributed by atoms with Crippen LogP contribution in [0.2, 0.25) is 0 Å². The van der Waals surface area contributed by atoms with E-state index in [4.69, 9.17) is 27.8 Å². The van der Waals surface area contributed by atoms with Crippen LogP contribution in [0.25, 0.3) is 88.5 Å². The summed E-state index contributed by atoms with van der Waals surface area (Å²) in [5, 5.41) is 5.37. The molecule has 9 aromatic rings. The Labute approximate surface area is 233 Å². The Morgan fingerprint density at radius 1 is 0.452 bits per heavy atom. The van der Waals surface area contributed by atoms with Crippen molar-refractivity contribution in [2.24, 2.45) is 0 Å². The zero-order valence-corrected chi connectivity index (χ0v) is 21.6. The molecule has 0 aliphatic rings. The number of rotatable bonds is 2.